The average Bonchev–Trinajstić information content (AvgIpc) is 2.41. The highest BCUT2D eigenvalue weighted by atomic mass is 32.1. The van der Waals surface area contributed by atoms with Crippen LogP contribution in [0.5, 0.6) is 5.75 Å². The van der Waals surface area contributed by atoms with Crippen LogP contribution in [-0.2, 0) is 0 Å². The minimum Gasteiger partial charge on any atom is -0.497 e. The zero-order valence-corrected chi connectivity index (χ0v) is 11.1. The first-order valence-electron chi connectivity index (χ1n) is 5.65. The van der Waals surface area contributed by atoms with Gasteiger partial charge >= 0.3 is 0 Å². The highest BCUT2D eigenvalue weighted by Gasteiger charge is 2.03. The van der Waals surface area contributed by atoms with Gasteiger partial charge in [-0.3, -0.25) is 0 Å². The molecule has 2 N–H and O–H groups in total. The minimum absolute atomic E-state index is 0.318. The number of hydrogen-bond donors (Lipinski definition) is 2. The maximum Gasteiger partial charge on any atom is 0.175 e. The van der Waals surface area contributed by atoms with Crippen LogP contribution in [0.1, 0.15) is 0 Å². The third-order valence-corrected chi connectivity index (χ3v) is 2.65. The lowest BCUT2D eigenvalue weighted by Crippen LogP contribution is -2.19. The van der Waals surface area contributed by atoms with Crippen LogP contribution in [0.4, 0.5) is 15.8 Å². The molecule has 0 amide bonds. The number of hydrogen-bond acceptors (Lipinski definition) is 2. The number of benzene rings is 2. The minimum atomic E-state index is -0.350. The van der Waals surface area contributed by atoms with E-state index >= 15 is 0 Å². The van der Waals surface area contributed by atoms with E-state index in [2.05, 4.69) is 10.6 Å². The lowest BCUT2D eigenvalue weighted by atomic mass is 10.3. The quantitative estimate of drug-likeness (QED) is 0.839. The first kappa shape index (κ1) is 13.3. The summed E-state index contributed by atoms with van der Waals surface area (Å²) in [4.78, 5) is 0. The number of thiocarbonyl (C=S) groups is 1. The molecule has 0 radical (unpaired) electrons. The molecule has 0 bridgehead atoms. The maximum atomic E-state index is 13.4. The highest BCUT2D eigenvalue weighted by Crippen LogP contribution is 2.18. The van der Waals surface area contributed by atoms with E-state index < -0.39 is 0 Å². The third-order valence-electron chi connectivity index (χ3n) is 2.45. The Hall–Kier alpha value is -2.14. The summed E-state index contributed by atoms with van der Waals surface area (Å²) in [6, 6.07) is 13.7. The molecule has 0 aliphatic heterocycles. The summed E-state index contributed by atoms with van der Waals surface area (Å²) >= 11 is 5.13. The van der Waals surface area contributed by atoms with Gasteiger partial charge in [-0.2, -0.15) is 0 Å². The summed E-state index contributed by atoms with van der Waals surface area (Å²) in [5, 5.41) is 6.08. The van der Waals surface area contributed by atoms with Gasteiger partial charge in [0.2, 0.25) is 0 Å². The molecule has 0 aliphatic carbocycles. The van der Waals surface area contributed by atoms with Crippen LogP contribution in [0.2, 0.25) is 0 Å². The van der Waals surface area contributed by atoms with Crippen molar-refractivity contribution < 1.29 is 9.13 Å². The van der Waals surface area contributed by atoms with Gasteiger partial charge < -0.3 is 15.4 Å². The second kappa shape index (κ2) is 6.15. The predicted octanol–water partition coefficient (Wildman–Crippen LogP) is 3.64. The molecule has 2 aromatic rings. The van der Waals surface area contributed by atoms with E-state index in [0.29, 0.717) is 10.8 Å². The lowest BCUT2D eigenvalue weighted by molar-refractivity contribution is 0.415. The zero-order valence-electron chi connectivity index (χ0n) is 10.3. The SMILES string of the molecule is COc1cccc(NC(=S)Nc2ccccc2F)c1. The smallest absolute Gasteiger partial charge is 0.175 e. The Bertz CT molecular complexity index is 589. The largest absolute Gasteiger partial charge is 0.497 e. The summed E-state index contributed by atoms with van der Waals surface area (Å²) < 4.78 is 18.5. The molecule has 0 saturated heterocycles. The van der Waals surface area contributed by atoms with Crippen molar-refractivity contribution >= 4 is 28.7 Å². The van der Waals surface area contributed by atoms with Crippen LogP contribution in [0.3, 0.4) is 0 Å². The third kappa shape index (κ3) is 3.66. The first-order chi connectivity index (χ1) is 9.19. The Morgan fingerprint density at radius 3 is 2.63 bits per heavy atom. The van der Waals surface area contributed by atoms with Gasteiger partial charge in [0, 0.05) is 11.8 Å². The van der Waals surface area contributed by atoms with E-state index in [4.69, 9.17) is 17.0 Å². The van der Waals surface area contributed by atoms with Crippen LogP contribution >= 0.6 is 12.2 Å². The summed E-state index contributed by atoms with van der Waals surface area (Å²) in [5.74, 6) is 0.371. The molecule has 19 heavy (non-hydrogen) atoms. The molecular formula is C14H13FN2OS. The van der Waals surface area contributed by atoms with Crippen LogP contribution < -0.4 is 15.4 Å². The molecule has 0 saturated carbocycles. The number of anilines is 2. The maximum absolute atomic E-state index is 13.4. The predicted molar refractivity (Wildman–Crippen MR) is 79.2 cm³/mol. The number of rotatable bonds is 3. The number of para-hydroxylation sites is 1. The van der Waals surface area contributed by atoms with Gasteiger partial charge in [0.1, 0.15) is 11.6 Å². The van der Waals surface area contributed by atoms with Crippen molar-refractivity contribution in [3.63, 3.8) is 0 Å². The molecule has 2 rings (SSSR count). The molecule has 0 fully saturated rings. The Balaban J connectivity index is 2.03. The van der Waals surface area contributed by atoms with E-state index in [0.717, 1.165) is 11.4 Å². The molecular weight excluding hydrogens is 263 g/mol. The topological polar surface area (TPSA) is 33.3 Å². The van der Waals surface area contributed by atoms with Crippen molar-refractivity contribution in [1.82, 2.24) is 0 Å². The molecule has 0 unspecified atom stereocenters. The van der Waals surface area contributed by atoms with Gasteiger partial charge in [-0.25, -0.2) is 4.39 Å². The second-order valence-corrected chi connectivity index (χ2v) is 4.20. The van der Waals surface area contributed by atoms with Crippen molar-refractivity contribution in [1.29, 1.82) is 0 Å². The average molecular weight is 276 g/mol. The molecule has 98 valence electrons. The molecule has 3 nitrogen and oxygen atoms in total. The van der Waals surface area contributed by atoms with Gasteiger partial charge in [0.15, 0.2) is 5.11 Å². The fourth-order valence-corrected chi connectivity index (χ4v) is 1.78. The van der Waals surface area contributed by atoms with Crippen molar-refractivity contribution in [3.8, 4) is 5.75 Å². The van der Waals surface area contributed by atoms with Crippen LogP contribution in [-0.4, -0.2) is 12.2 Å². The molecule has 0 spiro atoms. The van der Waals surface area contributed by atoms with Crippen molar-refractivity contribution in [2.75, 3.05) is 17.7 Å². The second-order valence-electron chi connectivity index (χ2n) is 3.79. The van der Waals surface area contributed by atoms with Crippen LogP contribution in [0.25, 0.3) is 0 Å². The van der Waals surface area contributed by atoms with E-state index in [1.54, 1.807) is 31.4 Å². The number of ether oxygens (including phenoxy) is 1. The summed E-state index contributed by atoms with van der Waals surface area (Å²) in [6.07, 6.45) is 0. The van der Waals surface area contributed by atoms with Crippen molar-refractivity contribution in [2.24, 2.45) is 0 Å². The van der Waals surface area contributed by atoms with E-state index in [1.165, 1.54) is 6.07 Å². The molecule has 0 aromatic heterocycles. The van der Waals surface area contributed by atoms with Gasteiger partial charge in [-0.05, 0) is 36.5 Å². The Morgan fingerprint density at radius 2 is 1.89 bits per heavy atom. The standard InChI is InChI=1S/C14H13FN2OS/c1-18-11-6-4-5-10(9-11)16-14(19)17-13-8-3-2-7-12(13)15/h2-9H,1H3,(H2,16,17,19). The van der Waals surface area contributed by atoms with Crippen LogP contribution in [0.15, 0.2) is 48.5 Å². The van der Waals surface area contributed by atoms with Crippen molar-refractivity contribution in [3.05, 3.63) is 54.3 Å². The molecule has 5 heteroatoms. The monoisotopic (exact) mass is 276 g/mol. The normalized spacial score (nSPS) is 9.79. The molecule has 2 aromatic carbocycles. The summed E-state index contributed by atoms with van der Waals surface area (Å²) in [7, 11) is 1.59. The van der Waals surface area contributed by atoms with E-state index in [1.807, 2.05) is 18.2 Å². The van der Waals surface area contributed by atoms with Crippen molar-refractivity contribution in [2.45, 2.75) is 0 Å². The van der Waals surface area contributed by atoms with E-state index in [9.17, 15) is 4.39 Å². The fourth-order valence-electron chi connectivity index (χ4n) is 1.55. The number of halogens is 1. The van der Waals surface area contributed by atoms with Crippen LogP contribution in [0, 0.1) is 5.82 Å². The lowest BCUT2D eigenvalue weighted by Gasteiger charge is -2.11. The Kier molecular flexibility index (Phi) is 4.30. The van der Waals surface area contributed by atoms with Gasteiger partial charge in [0.05, 0.1) is 12.8 Å². The van der Waals surface area contributed by atoms with E-state index in [-0.39, 0.29) is 5.82 Å². The first-order valence-corrected chi connectivity index (χ1v) is 6.06. The Labute approximate surface area is 116 Å². The summed E-state index contributed by atoms with van der Waals surface area (Å²) in [6.45, 7) is 0. The number of nitrogens with one attached hydrogen (secondary N) is 2. The number of methoxy groups -OCH3 is 1. The Morgan fingerprint density at radius 1 is 1.11 bits per heavy atom. The highest BCUT2D eigenvalue weighted by molar-refractivity contribution is 7.80. The fraction of sp³-hybridized carbons (Fsp3) is 0.0714. The van der Waals surface area contributed by atoms with Gasteiger partial charge in [-0.1, -0.05) is 18.2 Å². The molecule has 0 aliphatic rings. The van der Waals surface area contributed by atoms with Gasteiger partial charge in [0.25, 0.3) is 0 Å². The zero-order chi connectivity index (χ0) is 13.7. The molecule has 0 atom stereocenters. The molecule has 0 heterocycles. The van der Waals surface area contributed by atoms with Gasteiger partial charge in [-0.15, -0.1) is 0 Å². The summed E-state index contributed by atoms with van der Waals surface area (Å²) in [5.41, 5.74) is 1.11.